The summed E-state index contributed by atoms with van der Waals surface area (Å²) in [4.78, 5) is 29.3. The van der Waals surface area contributed by atoms with Gasteiger partial charge in [0.2, 0.25) is 6.41 Å². The smallest absolute Gasteiger partial charge is 0.253 e. The first-order valence-corrected chi connectivity index (χ1v) is 13.6. The van der Waals surface area contributed by atoms with Gasteiger partial charge in [-0.2, -0.15) is 5.10 Å². The maximum absolute atomic E-state index is 12.9. The predicted molar refractivity (Wildman–Crippen MR) is 158 cm³/mol. The van der Waals surface area contributed by atoms with Crippen LogP contribution < -0.4 is 15.4 Å². The number of anilines is 1. The second-order valence-electron chi connectivity index (χ2n) is 10.7. The Morgan fingerprint density at radius 3 is 2.52 bits per heavy atom. The lowest BCUT2D eigenvalue weighted by atomic mass is 10.1. The zero-order chi connectivity index (χ0) is 28.7. The van der Waals surface area contributed by atoms with Gasteiger partial charge in [0.05, 0.1) is 22.9 Å². The molecular weight excluding hydrogens is 504 g/mol. The standard InChI is InChI=1S/C23H25N3O2.C8H13N3O/c1-3-17-4-7-21(16(2)14-17)28-22-8-9-25-20-6-5-18(15-19(20)22)23(27)26-12-10-24-11-13-26;1-8(2,3)11-5-7(4-10-11)9-6-12/h4-9,14-15,24H,3,10-13H2,1-2H3;4-6H,1-3H3,(H,9,12). The van der Waals surface area contributed by atoms with Gasteiger partial charge in [-0.3, -0.25) is 19.3 Å². The second-order valence-corrected chi connectivity index (χ2v) is 10.7. The van der Waals surface area contributed by atoms with Gasteiger partial charge in [-0.1, -0.05) is 19.1 Å². The Morgan fingerprint density at radius 2 is 1.88 bits per heavy atom. The van der Waals surface area contributed by atoms with Crippen molar-refractivity contribution in [3.63, 3.8) is 0 Å². The highest BCUT2D eigenvalue weighted by Gasteiger charge is 2.19. The number of aryl methyl sites for hydroxylation is 2. The van der Waals surface area contributed by atoms with E-state index >= 15 is 0 Å². The predicted octanol–water partition coefficient (Wildman–Crippen LogP) is 5.15. The molecule has 2 amide bonds. The van der Waals surface area contributed by atoms with E-state index in [1.165, 1.54) is 5.56 Å². The molecule has 4 aromatic rings. The number of nitrogens with zero attached hydrogens (tertiary/aromatic N) is 4. The van der Waals surface area contributed by atoms with Crippen molar-refractivity contribution in [1.29, 1.82) is 0 Å². The Balaban J connectivity index is 0.000000259. The van der Waals surface area contributed by atoms with E-state index in [1.807, 2.05) is 56.0 Å². The molecular formula is C31H38N6O3. The van der Waals surface area contributed by atoms with Crippen molar-refractivity contribution in [3.8, 4) is 11.5 Å². The summed E-state index contributed by atoms with van der Waals surface area (Å²) in [5.74, 6) is 1.59. The number of rotatable bonds is 6. The number of nitrogens with one attached hydrogen (secondary N) is 2. The first-order chi connectivity index (χ1) is 19.2. The third-order valence-electron chi connectivity index (χ3n) is 6.72. The molecule has 2 N–H and O–H groups in total. The maximum Gasteiger partial charge on any atom is 0.253 e. The largest absolute Gasteiger partial charge is 0.456 e. The van der Waals surface area contributed by atoms with Crippen LogP contribution in [0.25, 0.3) is 10.9 Å². The number of amides is 2. The van der Waals surface area contributed by atoms with E-state index in [2.05, 4.69) is 46.7 Å². The molecule has 0 spiro atoms. The van der Waals surface area contributed by atoms with Gasteiger partial charge < -0.3 is 20.3 Å². The Hall–Kier alpha value is -4.24. The van der Waals surface area contributed by atoms with E-state index in [0.29, 0.717) is 17.7 Å². The van der Waals surface area contributed by atoms with Crippen LogP contribution in [-0.4, -0.2) is 58.2 Å². The van der Waals surface area contributed by atoms with E-state index in [0.717, 1.165) is 60.5 Å². The van der Waals surface area contributed by atoms with Gasteiger partial charge in [0, 0.05) is 49.5 Å². The molecule has 0 unspecified atom stereocenters. The van der Waals surface area contributed by atoms with Crippen molar-refractivity contribution in [1.82, 2.24) is 25.0 Å². The van der Waals surface area contributed by atoms with Gasteiger partial charge in [-0.25, -0.2) is 0 Å². The molecule has 9 heteroatoms. The summed E-state index contributed by atoms with van der Waals surface area (Å²) in [7, 11) is 0. The van der Waals surface area contributed by atoms with E-state index in [4.69, 9.17) is 4.74 Å². The van der Waals surface area contributed by atoms with Gasteiger partial charge in [-0.05, 0) is 75.6 Å². The van der Waals surface area contributed by atoms with Crippen molar-refractivity contribution >= 4 is 28.9 Å². The summed E-state index contributed by atoms with van der Waals surface area (Å²) in [5, 5.41) is 10.8. The molecule has 1 aliphatic rings. The molecule has 1 fully saturated rings. The van der Waals surface area contributed by atoms with Crippen LogP contribution in [0.3, 0.4) is 0 Å². The third kappa shape index (κ3) is 7.04. The van der Waals surface area contributed by atoms with Crippen LogP contribution >= 0.6 is 0 Å². The molecule has 3 heterocycles. The number of hydrogen-bond acceptors (Lipinski definition) is 6. The molecule has 0 radical (unpaired) electrons. The minimum atomic E-state index is -0.0389. The van der Waals surface area contributed by atoms with Gasteiger partial charge in [0.25, 0.3) is 5.91 Å². The molecule has 40 heavy (non-hydrogen) atoms. The molecule has 1 aliphatic heterocycles. The summed E-state index contributed by atoms with van der Waals surface area (Å²) >= 11 is 0. The molecule has 5 rings (SSSR count). The molecule has 2 aromatic carbocycles. The highest BCUT2D eigenvalue weighted by molar-refractivity contribution is 5.99. The number of aromatic nitrogens is 3. The van der Waals surface area contributed by atoms with Crippen LogP contribution in [0.15, 0.2) is 61.1 Å². The number of ether oxygens (including phenoxy) is 1. The minimum absolute atomic E-state index is 0.0389. The highest BCUT2D eigenvalue weighted by Crippen LogP contribution is 2.32. The van der Waals surface area contributed by atoms with E-state index in [1.54, 1.807) is 23.3 Å². The van der Waals surface area contributed by atoms with E-state index in [9.17, 15) is 9.59 Å². The molecule has 210 valence electrons. The summed E-state index contributed by atoms with van der Waals surface area (Å²) in [5.41, 5.74) is 4.55. The van der Waals surface area contributed by atoms with Gasteiger partial charge >= 0.3 is 0 Å². The SMILES string of the molecule is CC(C)(C)n1cc(NC=O)cn1.CCc1ccc(Oc2ccnc3ccc(C(=O)N4CCNCC4)cc23)c(C)c1. The van der Waals surface area contributed by atoms with Gasteiger partial charge in [-0.15, -0.1) is 0 Å². The zero-order valence-corrected chi connectivity index (χ0v) is 23.9. The molecule has 0 atom stereocenters. The van der Waals surface area contributed by atoms with Gasteiger partial charge in [0.1, 0.15) is 11.5 Å². The van der Waals surface area contributed by atoms with Gasteiger partial charge in [0.15, 0.2) is 0 Å². The number of carbonyl (C=O) groups is 2. The molecule has 2 aromatic heterocycles. The van der Waals surface area contributed by atoms with E-state index < -0.39 is 0 Å². The van der Waals surface area contributed by atoms with Crippen LogP contribution in [0.4, 0.5) is 5.69 Å². The fourth-order valence-electron chi connectivity index (χ4n) is 4.39. The minimum Gasteiger partial charge on any atom is -0.456 e. The lowest BCUT2D eigenvalue weighted by molar-refractivity contribution is -0.105. The van der Waals surface area contributed by atoms with E-state index in [-0.39, 0.29) is 11.4 Å². The van der Waals surface area contributed by atoms with Crippen LogP contribution in [0.1, 0.15) is 49.2 Å². The molecule has 0 bridgehead atoms. The molecule has 0 aliphatic carbocycles. The monoisotopic (exact) mass is 542 g/mol. The Kier molecular flexibility index (Phi) is 9.16. The lowest BCUT2D eigenvalue weighted by Crippen LogP contribution is -2.46. The van der Waals surface area contributed by atoms with Crippen LogP contribution in [0, 0.1) is 6.92 Å². The summed E-state index contributed by atoms with van der Waals surface area (Å²) < 4.78 is 8.03. The van der Waals surface area contributed by atoms with Crippen LogP contribution in [0.2, 0.25) is 0 Å². The number of hydrogen-bond donors (Lipinski definition) is 2. The maximum atomic E-state index is 12.9. The average Bonchev–Trinajstić information content (AvgIpc) is 3.44. The number of fused-ring (bicyclic) bond motifs is 1. The molecule has 9 nitrogen and oxygen atoms in total. The van der Waals surface area contributed by atoms with Crippen LogP contribution in [-0.2, 0) is 16.8 Å². The molecule has 0 saturated carbocycles. The van der Waals surface area contributed by atoms with Crippen molar-refractivity contribution in [3.05, 3.63) is 77.7 Å². The van der Waals surface area contributed by atoms with Crippen molar-refractivity contribution in [2.24, 2.45) is 0 Å². The Morgan fingerprint density at radius 1 is 1.10 bits per heavy atom. The second kappa shape index (κ2) is 12.7. The summed E-state index contributed by atoms with van der Waals surface area (Å²) in [6, 6.07) is 13.8. The summed E-state index contributed by atoms with van der Waals surface area (Å²) in [6.45, 7) is 13.5. The normalized spacial score (nSPS) is 13.4. The van der Waals surface area contributed by atoms with Crippen molar-refractivity contribution < 1.29 is 14.3 Å². The fraction of sp³-hybridized carbons (Fsp3) is 0.355. The third-order valence-corrected chi connectivity index (χ3v) is 6.72. The topological polar surface area (TPSA) is 101 Å². The molecule has 1 saturated heterocycles. The first-order valence-electron chi connectivity index (χ1n) is 13.6. The first kappa shape index (κ1) is 28.8. The fourth-order valence-corrected chi connectivity index (χ4v) is 4.39. The van der Waals surface area contributed by atoms with Crippen molar-refractivity contribution in [2.75, 3.05) is 31.5 Å². The highest BCUT2D eigenvalue weighted by atomic mass is 16.5. The summed E-state index contributed by atoms with van der Waals surface area (Å²) in [6.07, 6.45) is 6.81. The number of piperazine rings is 1. The quantitative estimate of drug-likeness (QED) is 0.327. The average molecular weight is 543 g/mol. The zero-order valence-electron chi connectivity index (χ0n) is 23.9. The number of pyridine rings is 1. The van der Waals surface area contributed by atoms with Crippen LogP contribution in [0.5, 0.6) is 11.5 Å². The number of carbonyl (C=O) groups excluding carboxylic acids is 2. The lowest BCUT2D eigenvalue weighted by Gasteiger charge is -2.27. The Labute approximate surface area is 235 Å². The Bertz CT molecular complexity index is 1470. The van der Waals surface area contributed by atoms with Crippen molar-refractivity contribution in [2.45, 2.75) is 46.6 Å². The number of benzene rings is 2.